The molecule has 0 spiro atoms. The second kappa shape index (κ2) is 6.27. The molecule has 1 aliphatic heterocycles. The van der Waals surface area contributed by atoms with E-state index in [-0.39, 0.29) is 0 Å². The van der Waals surface area contributed by atoms with Gasteiger partial charge < -0.3 is 10.2 Å². The van der Waals surface area contributed by atoms with Crippen LogP contribution in [-0.4, -0.2) is 18.1 Å². The molecule has 1 fully saturated rings. The van der Waals surface area contributed by atoms with E-state index in [1.807, 2.05) is 6.20 Å². The van der Waals surface area contributed by atoms with Crippen molar-refractivity contribution in [1.29, 1.82) is 0 Å². The Morgan fingerprint density at radius 1 is 1.25 bits per heavy atom. The van der Waals surface area contributed by atoms with E-state index in [2.05, 4.69) is 46.4 Å². The zero-order valence-electron chi connectivity index (χ0n) is 11.9. The fourth-order valence-corrected chi connectivity index (χ4v) is 3.43. The number of nitrogens with one attached hydrogen (secondary N) is 1. The minimum atomic E-state index is 0.864. The number of thiazole rings is 1. The predicted molar refractivity (Wildman–Crippen MR) is 86.7 cm³/mol. The largest absolute Gasteiger partial charge is 0.378 e. The fraction of sp³-hybridized carbons (Fsp3) is 0.438. The predicted octanol–water partition coefficient (Wildman–Crippen LogP) is 3.92. The molecule has 0 radical (unpaired) electrons. The second-order valence-corrected chi connectivity index (χ2v) is 6.34. The first-order chi connectivity index (χ1) is 9.86. The Morgan fingerprint density at radius 2 is 2.05 bits per heavy atom. The summed E-state index contributed by atoms with van der Waals surface area (Å²) in [5, 5.41) is 4.79. The molecule has 20 heavy (non-hydrogen) atoms. The Morgan fingerprint density at radius 3 is 2.80 bits per heavy atom. The van der Waals surface area contributed by atoms with Crippen LogP contribution in [0.1, 0.15) is 29.7 Å². The van der Waals surface area contributed by atoms with E-state index in [1.165, 1.54) is 47.2 Å². The minimum absolute atomic E-state index is 0.864. The first kappa shape index (κ1) is 13.4. The van der Waals surface area contributed by atoms with Crippen LogP contribution < -0.4 is 10.2 Å². The van der Waals surface area contributed by atoms with Crippen LogP contribution in [0.5, 0.6) is 0 Å². The van der Waals surface area contributed by atoms with Crippen LogP contribution in [-0.2, 0) is 13.0 Å². The van der Waals surface area contributed by atoms with Crippen LogP contribution in [0.3, 0.4) is 0 Å². The summed E-state index contributed by atoms with van der Waals surface area (Å²) in [5.74, 6) is 0. The van der Waals surface area contributed by atoms with Gasteiger partial charge in [0.05, 0.1) is 22.9 Å². The Kier molecular flexibility index (Phi) is 4.21. The van der Waals surface area contributed by atoms with Crippen molar-refractivity contribution in [1.82, 2.24) is 4.98 Å². The maximum absolute atomic E-state index is 4.41. The molecule has 2 heterocycles. The highest BCUT2D eigenvalue weighted by atomic mass is 32.1. The van der Waals surface area contributed by atoms with E-state index < -0.39 is 0 Å². The molecule has 0 bridgehead atoms. The number of para-hydroxylation sites is 2. The molecular weight excluding hydrogens is 266 g/mol. The molecule has 3 nitrogen and oxygen atoms in total. The van der Waals surface area contributed by atoms with Crippen molar-refractivity contribution < 1.29 is 0 Å². The number of aromatic nitrogens is 1. The topological polar surface area (TPSA) is 28.2 Å². The molecule has 2 aromatic rings. The fourth-order valence-electron chi connectivity index (χ4n) is 2.63. The lowest BCUT2D eigenvalue weighted by molar-refractivity contribution is 0.949. The standard InChI is InChI=1S/C16H21N3S/c1-2-16-18-12-13(20-16)11-17-14-7-3-4-8-15(14)19-9-5-6-10-19/h3-4,7-8,12,17H,2,5-6,9-11H2,1H3. The third kappa shape index (κ3) is 2.96. The van der Waals surface area contributed by atoms with Gasteiger partial charge in [-0.2, -0.15) is 0 Å². The molecule has 1 saturated heterocycles. The van der Waals surface area contributed by atoms with E-state index in [0.29, 0.717) is 0 Å². The van der Waals surface area contributed by atoms with Crippen molar-refractivity contribution in [3.63, 3.8) is 0 Å². The van der Waals surface area contributed by atoms with Crippen LogP contribution in [0.4, 0.5) is 11.4 Å². The lowest BCUT2D eigenvalue weighted by Crippen LogP contribution is -2.19. The van der Waals surface area contributed by atoms with Crippen LogP contribution in [0.15, 0.2) is 30.5 Å². The Balaban J connectivity index is 1.70. The van der Waals surface area contributed by atoms with Gasteiger partial charge in [-0.05, 0) is 31.4 Å². The van der Waals surface area contributed by atoms with Gasteiger partial charge in [-0.3, -0.25) is 0 Å². The summed E-state index contributed by atoms with van der Waals surface area (Å²) in [6.45, 7) is 5.37. The highest BCUT2D eigenvalue weighted by Gasteiger charge is 2.15. The van der Waals surface area contributed by atoms with Gasteiger partial charge in [0.25, 0.3) is 0 Å². The van der Waals surface area contributed by atoms with E-state index >= 15 is 0 Å². The quantitative estimate of drug-likeness (QED) is 0.903. The van der Waals surface area contributed by atoms with Crippen molar-refractivity contribution >= 4 is 22.7 Å². The maximum atomic E-state index is 4.41. The zero-order chi connectivity index (χ0) is 13.8. The van der Waals surface area contributed by atoms with Crippen molar-refractivity contribution in [3.8, 4) is 0 Å². The maximum Gasteiger partial charge on any atom is 0.0925 e. The van der Waals surface area contributed by atoms with E-state index in [0.717, 1.165) is 13.0 Å². The Labute approximate surface area is 124 Å². The number of aryl methyl sites for hydroxylation is 1. The van der Waals surface area contributed by atoms with Crippen molar-refractivity contribution in [3.05, 3.63) is 40.3 Å². The van der Waals surface area contributed by atoms with Crippen molar-refractivity contribution in [2.75, 3.05) is 23.3 Å². The highest BCUT2D eigenvalue weighted by molar-refractivity contribution is 7.11. The average molecular weight is 287 g/mol. The molecule has 106 valence electrons. The summed E-state index contributed by atoms with van der Waals surface area (Å²) in [5.41, 5.74) is 2.58. The number of hydrogen-bond acceptors (Lipinski definition) is 4. The summed E-state index contributed by atoms with van der Waals surface area (Å²) < 4.78 is 0. The van der Waals surface area contributed by atoms with Gasteiger partial charge in [0, 0.05) is 24.2 Å². The molecule has 1 N–H and O–H groups in total. The second-order valence-electron chi connectivity index (χ2n) is 5.14. The molecule has 1 aromatic carbocycles. The third-order valence-electron chi connectivity index (χ3n) is 3.71. The normalized spacial score (nSPS) is 14.8. The van der Waals surface area contributed by atoms with Gasteiger partial charge in [0.2, 0.25) is 0 Å². The van der Waals surface area contributed by atoms with Gasteiger partial charge in [-0.15, -0.1) is 11.3 Å². The zero-order valence-corrected chi connectivity index (χ0v) is 12.7. The average Bonchev–Trinajstić information content (AvgIpc) is 3.17. The van der Waals surface area contributed by atoms with Crippen LogP contribution in [0.25, 0.3) is 0 Å². The summed E-state index contributed by atoms with van der Waals surface area (Å²) in [7, 11) is 0. The first-order valence-corrected chi connectivity index (χ1v) is 8.20. The van der Waals surface area contributed by atoms with Gasteiger partial charge in [0.1, 0.15) is 0 Å². The molecule has 1 aromatic heterocycles. The van der Waals surface area contributed by atoms with Crippen LogP contribution in [0, 0.1) is 0 Å². The Bertz CT molecular complexity index is 558. The Hall–Kier alpha value is -1.55. The van der Waals surface area contributed by atoms with Gasteiger partial charge in [-0.25, -0.2) is 4.98 Å². The SMILES string of the molecule is CCc1ncc(CNc2ccccc2N2CCCC2)s1. The van der Waals surface area contributed by atoms with Crippen molar-refractivity contribution in [2.45, 2.75) is 32.7 Å². The molecule has 3 rings (SSSR count). The first-order valence-electron chi connectivity index (χ1n) is 7.38. The lowest BCUT2D eigenvalue weighted by Gasteiger charge is -2.21. The number of benzene rings is 1. The van der Waals surface area contributed by atoms with Crippen LogP contribution >= 0.6 is 11.3 Å². The molecule has 0 unspecified atom stereocenters. The third-order valence-corrected chi connectivity index (χ3v) is 4.85. The van der Waals surface area contributed by atoms with Crippen LogP contribution in [0.2, 0.25) is 0 Å². The monoisotopic (exact) mass is 287 g/mol. The summed E-state index contributed by atoms with van der Waals surface area (Å²) >= 11 is 1.80. The van der Waals surface area contributed by atoms with Gasteiger partial charge in [-0.1, -0.05) is 19.1 Å². The van der Waals surface area contributed by atoms with Gasteiger partial charge in [0.15, 0.2) is 0 Å². The number of hydrogen-bond donors (Lipinski definition) is 1. The van der Waals surface area contributed by atoms with Crippen molar-refractivity contribution in [2.24, 2.45) is 0 Å². The molecule has 0 aliphatic carbocycles. The minimum Gasteiger partial charge on any atom is -0.378 e. The molecule has 0 saturated carbocycles. The van der Waals surface area contributed by atoms with E-state index in [4.69, 9.17) is 0 Å². The molecule has 4 heteroatoms. The molecule has 0 amide bonds. The smallest absolute Gasteiger partial charge is 0.0925 e. The van der Waals surface area contributed by atoms with E-state index in [9.17, 15) is 0 Å². The molecule has 0 atom stereocenters. The lowest BCUT2D eigenvalue weighted by atomic mass is 10.2. The highest BCUT2D eigenvalue weighted by Crippen LogP contribution is 2.29. The molecular formula is C16H21N3S. The summed E-state index contributed by atoms with van der Waals surface area (Å²) in [6.07, 6.45) is 5.63. The summed E-state index contributed by atoms with van der Waals surface area (Å²) in [6, 6.07) is 8.62. The summed E-state index contributed by atoms with van der Waals surface area (Å²) in [4.78, 5) is 8.20. The van der Waals surface area contributed by atoms with Gasteiger partial charge >= 0.3 is 0 Å². The number of rotatable bonds is 5. The number of anilines is 2. The molecule has 1 aliphatic rings. The number of nitrogens with zero attached hydrogens (tertiary/aromatic N) is 2. The van der Waals surface area contributed by atoms with E-state index in [1.54, 1.807) is 11.3 Å².